The Bertz CT molecular complexity index is 448. The molecule has 2 rings (SSSR count). The summed E-state index contributed by atoms with van der Waals surface area (Å²) in [6, 6.07) is 10.8. The van der Waals surface area contributed by atoms with E-state index in [0.717, 1.165) is 37.7 Å². The van der Waals surface area contributed by atoms with Crippen LogP contribution in [0.4, 0.5) is 0 Å². The minimum atomic E-state index is 0. The van der Waals surface area contributed by atoms with Gasteiger partial charge >= 0.3 is 0 Å². The third kappa shape index (κ3) is 6.14. The summed E-state index contributed by atoms with van der Waals surface area (Å²) in [4.78, 5) is 2.58. The van der Waals surface area contributed by atoms with E-state index in [4.69, 9.17) is 5.26 Å². The molecule has 1 aromatic rings. The summed E-state index contributed by atoms with van der Waals surface area (Å²) in [5.41, 5.74) is 2.10. The van der Waals surface area contributed by atoms with Gasteiger partial charge in [0.2, 0.25) is 0 Å². The number of benzene rings is 1. The Balaban J connectivity index is 0.00000220. The van der Waals surface area contributed by atoms with Crippen molar-refractivity contribution in [1.82, 2.24) is 10.2 Å². The predicted molar refractivity (Wildman–Crippen MR) is 96.9 cm³/mol. The van der Waals surface area contributed by atoms with E-state index in [1.165, 1.54) is 18.4 Å². The normalized spacial score (nSPS) is 16.3. The first-order valence-corrected chi connectivity index (χ1v) is 7.65. The SMILES string of the molecule is CC(C)CC[C@@H](c1ccc(C#N)cc1)N1CCNCC1.Cl.Cl. The van der Waals surface area contributed by atoms with Crippen LogP contribution in [-0.2, 0) is 0 Å². The van der Waals surface area contributed by atoms with Gasteiger partial charge in [0.15, 0.2) is 0 Å². The minimum Gasteiger partial charge on any atom is -0.314 e. The fraction of sp³-hybridized carbons (Fsp3) is 0.588. The average molecular weight is 344 g/mol. The second kappa shape index (κ2) is 10.9. The molecule has 5 heteroatoms. The van der Waals surface area contributed by atoms with E-state index in [1.807, 2.05) is 12.1 Å². The molecule has 1 aromatic carbocycles. The lowest BCUT2D eigenvalue weighted by atomic mass is 9.95. The van der Waals surface area contributed by atoms with Gasteiger partial charge in [-0.3, -0.25) is 4.90 Å². The molecule has 0 saturated carbocycles. The van der Waals surface area contributed by atoms with Crippen molar-refractivity contribution < 1.29 is 0 Å². The van der Waals surface area contributed by atoms with Crippen molar-refractivity contribution >= 4 is 24.8 Å². The highest BCUT2D eigenvalue weighted by Crippen LogP contribution is 2.28. The summed E-state index contributed by atoms with van der Waals surface area (Å²) in [6.07, 6.45) is 2.44. The quantitative estimate of drug-likeness (QED) is 0.883. The highest BCUT2D eigenvalue weighted by atomic mass is 35.5. The molecule has 3 nitrogen and oxygen atoms in total. The molecule has 1 N–H and O–H groups in total. The third-order valence-electron chi connectivity index (χ3n) is 4.03. The van der Waals surface area contributed by atoms with E-state index >= 15 is 0 Å². The number of hydrogen-bond donors (Lipinski definition) is 1. The van der Waals surface area contributed by atoms with Crippen LogP contribution in [0.5, 0.6) is 0 Å². The Morgan fingerprint density at radius 3 is 2.18 bits per heavy atom. The maximum Gasteiger partial charge on any atom is 0.0991 e. The fourth-order valence-electron chi connectivity index (χ4n) is 2.82. The molecule has 22 heavy (non-hydrogen) atoms. The predicted octanol–water partition coefficient (Wildman–Crippen LogP) is 3.78. The summed E-state index contributed by atoms with van der Waals surface area (Å²) in [6.45, 7) is 8.95. The van der Waals surface area contributed by atoms with Crippen molar-refractivity contribution in [2.45, 2.75) is 32.7 Å². The van der Waals surface area contributed by atoms with Crippen molar-refractivity contribution in [2.24, 2.45) is 5.92 Å². The summed E-state index contributed by atoms with van der Waals surface area (Å²) in [5, 5.41) is 12.3. The van der Waals surface area contributed by atoms with Crippen molar-refractivity contribution in [2.75, 3.05) is 26.2 Å². The van der Waals surface area contributed by atoms with E-state index in [2.05, 4.69) is 42.3 Å². The molecule has 1 aliphatic heterocycles. The molecule has 1 atom stereocenters. The van der Waals surface area contributed by atoms with Gasteiger partial charge in [0, 0.05) is 32.2 Å². The Morgan fingerprint density at radius 2 is 1.68 bits per heavy atom. The lowest BCUT2D eigenvalue weighted by molar-refractivity contribution is 0.160. The molecular formula is C17H27Cl2N3. The lowest BCUT2D eigenvalue weighted by Crippen LogP contribution is -2.45. The van der Waals surface area contributed by atoms with Gasteiger partial charge in [-0.05, 0) is 36.5 Å². The van der Waals surface area contributed by atoms with Gasteiger partial charge in [-0.25, -0.2) is 0 Å². The zero-order chi connectivity index (χ0) is 14.4. The zero-order valence-corrected chi connectivity index (χ0v) is 15.1. The maximum absolute atomic E-state index is 8.92. The molecule has 0 amide bonds. The Morgan fingerprint density at radius 1 is 1.09 bits per heavy atom. The molecule has 1 fully saturated rings. The molecule has 0 radical (unpaired) electrons. The number of hydrogen-bond acceptors (Lipinski definition) is 3. The van der Waals surface area contributed by atoms with Gasteiger partial charge in [-0.2, -0.15) is 5.26 Å². The van der Waals surface area contributed by atoms with Crippen LogP contribution >= 0.6 is 24.8 Å². The van der Waals surface area contributed by atoms with Crippen LogP contribution < -0.4 is 5.32 Å². The Labute approximate surface area is 146 Å². The van der Waals surface area contributed by atoms with Crippen molar-refractivity contribution in [3.8, 4) is 6.07 Å². The van der Waals surface area contributed by atoms with E-state index in [-0.39, 0.29) is 24.8 Å². The molecule has 0 bridgehead atoms. The zero-order valence-electron chi connectivity index (χ0n) is 13.4. The number of nitrogens with zero attached hydrogens (tertiary/aromatic N) is 2. The molecular weight excluding hydrogens is 317 g/mol. The highest BCUT2D eigenvalue weighted by molar-refractivity contribution is 5.85. The summed E-state index contributed by atoms with van der Waals surface area (Å²) >= 11 is 0. The van der Waals surface area contributed by atoms with Gasteiger partial charge in [-0.1, -0.05) is 26.0 Å². The monoisotopic (exact) mass is 343 g/mol. The highest BCUT2D eigenvalue weighted by Gasteiger charge is 2.22. The van der Waals surface area contributed by atoms with Crippen LogP contribution in [-0.4, -0.2) is 31.1 Å². The standard InChI is InChI=1S/C17H25N3.2ClH/c1-14(2)3-8-17(20-11-9-19-10-12-20)16-6-4-15(13-18)5-7-16;;/h4-7,14,17,19H,3,8-12H2,1-2H3;2*1H/t17-;;/m0../s1. The van der Waals surface area contributed by atoms with Crippen LogP contribution in [0.1, 0.15) is 43.9 Å². The second-order valence-corrected chi connectivity index (χ2v) is 6.01. The maximum atomic E-state index is 8.92. The summed E-state index contributed by atoms with van der Waals surface area (Å²) in [7, 11) is 0. The minimum absolute atomic E-state index is 0. The van der Waals surface area contributed by atoms with Crippen molar-refractivity contribution in [1.29, 1.82) is 5.26 Å². The van der Waals surface area contributed by atoms with E-state index in [0.29, 0.717) is 6.04 Å². The van der Waals surface area contributed by atoms with Crippen LogP contribution in [0, 0.1) is 17.2 Å². The smallest absolute Gasteiger partial charge is 0.0991 e. The van der Waals surface area contributed by atoms with E-state index in [1.54, 1.807) is 0 Å². The molecule has 1 saturated heterocycles. The number of piperazine rings is 1. The van der Waals surface area contributed by atoms with Gasteiger partial charge in [-0.15, -0.1) is 24.8 Å². The fourth-order valence-corrected chi connectivity index (χ4v) is 2.82. The number of nitrogens with one attached hydrogen (secondary N) is 1. The van der Waals surface area contributed by atoms with Gasteiger partial charge in [0.25, 0.3) is 0 Å². The van der Waals surface area contributed by atoms with Crippen LogP contribution in [0.3, 0.4) is 0 Å². The average Bonchev–Trinajstić information content (AvgIpc) is 2.49. The molecule has 124 valence electrons. The van der Waals surface area contributed by atoms with Crippen molar-refractivity contribution in [3.05, 3.63) is 35.4 Å². The third-order valence-corrected chi connectivity index (χ3v) is 4.03. The molecule has 0 spiro atoms. The lowest BCUT2D eigenvalue weighted by Gasteiger charge is -2.35. The topological polar surface area (TPSA) is 39.1 Å². The molecule has 1 heterocycles. The molecule has 0 aliphatic carbocycles. The second-order valence-electron chi connectivity index (χ2n) is 6.01. The van der Waals surface area contributed by atoms with E-state index in [9.17, 15) is 0 Å². The first-order chi connectivity index (χ1) is 9.70. The van der Waals surface area contributed by atoms with Gasteiger partial charge < -0.3 is 5.32 Å². The number of rotatable bonds is 5. The van der Waals surface area contributed by atoms with Crippen LogP contribution in [0.25, 0.3) is 0 Å². The first-order valence-electron chi connectivity index (χ1n) is 7.65. The van der Waals surface area contributed by atoms with E-state index < -0.39 is 0 Å². The van der Waals surface area contributed by atoms with Gasteiger partial charge in [0.1, 0.15) is 0 Å². The van der Waals surface area contributed by atoms with Crippen LogP contribution in [0.2, 0.25) is 0 Å². The summed E-state index contributed by atoms with van der Waals surface area (Å²) < 4.78 is 0. The largest absolute Gasteiger partial charge is 0.314 e. The van der Waals surface area contributed by atoms with Crippen LogP contribution in [0.15, 0.2) is 24.3 Å². The first kappa shape index (κ1) is 21.2. The number of halogens is 2. The van der Waals surface area contributed by atoms with Gasteiger partial charge in [0.05, 0.1) is 11.6 Å². The Hall–Kier alpha value is -0.790. The summed E-state index contributed by atoms with van der Waals surface area (Å²) in [5.74, 6) is 0.735. The molecule has 0 aromatic heterocycles. The molecule has 1 aliphatic rings. The Kier molecular flexibility index (Phi) is 10.5. The number of nitriles is 1. The molecule has 0 unspecified atom stereocenters. The van der Waals surface area contributed by atoms with Crippen molar-refractivity contribution in [3.63, 3.8) is 0 Å².